The lowest BCUT2D eigenvalue weighted by molar-refractivity contribution is -0.144. The van der Waals surface area contributed by atoms with Crippen LogP contribution in [-0.4, -0.2) is 178 Å². The smallest absolute Gasteiger partial charge is 0.326 e. The lowest BCUT2D eigenvalue weighted by Crippen LogP contribution is -2.45. The minimum atomic E-state index is -1.47. The van der Waals surface area contributed by atoms with Crippen molar-refractivity contribution in [2.75, 3.05) is 79.5 Å². The SMILES string of the molecule is C=C(C)CCCCCCCCCCCCCCCCC(=O)N[C@@H](CCC(=O)NCCOCCOCC(=O)NCCOCCOCC(=O)N[C@@H](CCC(=O)N[C@@H](CCC(=O)NCCCC[C@H](NC)C(C)=O)C(=O)O)C(=O)O)C(=O)O. The average molecular weight is 1130 g/mol. The summed E-state index contributed by atoms with van der Waals surface area (Å²) in [6, 6.07) is -4.29. The molecular formula is C55H97N7O17. The molecule has 0 aliphatic carbocycles. The van der Waals surface area contributed by atoms with Gasteiger partial charge in [0.15, 0.2) is 0 Å². The lowest BCUT2D eigenvalue weighted by atomic mass is 10.0. The second kappa shape index (κ2) is 49.5. The molecule has 4 atom stereocenters. The minimum Gasteiger partial charge on any atom is -0.480 e. The van der Waals surface area contributed by atoms with Gasteiger partial charge in [-0.2, -0.15) is 0 Å². The van der Waals surface area contributed by atoms with E-state index in [1.165, 1.54) is 76.7 Å². The number of carbonyl (C=O) groups is 10. The molecule has 0 aliphatic rings. The predicted octanol–water partition coefficient (Wildman–Crippen LogP) is 3.62. The molecule has 0 bridgehead atoms. The molecule has 0 radical (unpaired) electrons. The molecule has 0 aliphatic heterocycles. The van der Waals surface area contributed by atoms with Gasteiger partial charge in [0, 0.05) is 45.3 Å². The van der Waals surface area contributed by atoms with Crippen LogP contribution < -0.4 is 37.2 Å². The van der Waals surface area contributed by atoms with E-state index in [2.05, 4.69) is 50.7 Å². The molecule has 0 spiro atoms. The summed E-state index contributed by atoms with van der Waals surface area (Å²) < 4.78 is 21.2. The number of carboxylic acid groups (broad SMARTS) is 3. The highest BCUT2D eigenvalue weighted by atomic mass is 16.5. The minimum absolute atomic E-state index is 0.0187. The van der Waals surface area contributed by atoms with Crippen molar-refractivity contribution in [1.82, 2.24) is 37.2 Å². The Kier molecular flexibility index (Phi) is 46.0. The third-order valence-corrected chi connectivity index (χ3v) is 12.6. The van der Waals surface area contributed by atoms with Crippen molar-refractivity contribution in [2.45, 2.75) is 199 Å². The molecular weight excluding hydrogens is 1030 g/mol. The topological polar surface area (TPSA) is 353 Å². The first-order valence-electron chi connectivity index (χ1n) is 28.4. The number of ketones is 1. The Morgan fingerprint density at radius 3 is 1.14 bits per heavy atom. The number of allylic oxidation sites excluding steroid dienone is 1. The molecule has 24 heteroatoms. The van der Waals surface area contributed by atoms with E-state index in [1.807, 2.05) is 0 Å². The van der Waals surface area contributed by atoms with E-state index < -0.39 is 72.7 Å². The van der Waals surface area contributed by atoms with Crippen LogP contribution in [0.1, 0.15) is 174 Å². The van der Waals surface area contributed by atoms with Crippen LogP contribution in [0.3, 0.4) is 0 Å². The van der Waals surface area contributed by atoms with Gasteiger partial charge in [-0.15, -0.1) is 6.58 Å². The van der Waals surface area contributed by atoms with Crippen LogP contribution in [0.25, 0.3) is 0 Å². The molecule has 0 saturated carbocycles. The first-order valence-corrected chi connectivity index (χ1v) is 28.4. The molecule has 0 rings (SSSR count). The van der Waals surface area contributed by atoms with E-state index in [1.54, 1.807) is 7.05 Å². The Morgan fingerprint density at radius 2 is 0.722 bits per heavy atom. The summed E-state index contributed by atoms with van der Waals surface area (Å²) >= 11 is 0. The van der Waals surface area contributed by atoms with Crippen LogP contribution in [0.4, 0.5) is 0 Å². The number of aliphatic carboxylic acids is 3. The maximum absolute atomic E-state index is 12.5. The van der Waals surface area contributed by atoms with Crippen LogP contribution in [0.2, 0.25) is 0 Å². The van der Waals surface area contributed by atoms with E-state index in [0.717, 1.165) is 25.7 Å². The molecule has 0 aromatic heterocycles. The van der Waals surface area contributed by atoms with Crippen LogP contribution in [0.15, 0.2) is 12.2 Å². The van der Waals surface area contributed by atoms with Crippen LogP contribution in [0.5, 0.6) is 0 Å². The Labute approximate surface area is 467 Å². The number of unbranched alkanes of at least 4 members (excludes halogenated alkanes) is 14. The molecule has 0 heterocycles. The highest BCUT2D eigenvalue weighted by Crippen LogP contribution is 2.15. The van der Waals surface area contributed by atoms with E-state index in [0.29, 0.717) is 32.2 Å². The number of amides is 6. The molecule has 454 valence electrons. The average Bonchev–Trinajstić information content (AvgIpc) is 3.39. The van der Waals surface area contributed by atoms with Crippen molar-refractivity contribution in [3.63, 3.8) is 0 Å². The molecule has 0 saturated heterocycles. The summed E-state index contributed by atoms with van der Waals surface area (Å²) in [6.45, 7) is 7.96. The Hall–Kier alpha value is -5.56. The number of Topliss-reactive ketones (excluding diaryl/α,β-unsaturated/α-hetero) is 1. The van der Waals surface area contributed by atoms with Crippen molar-refractivity contribution in [1.29, 1.82) is 0 Å². The number of carbonyl (C=O) groups excluding carboxylic acids is 7. The molecule has 0 fully saturated rings. The first kappa shape index (κ1) is 73.4. The molecule has 0 aromatic rings. The molecule has 6 amide bonds. The van der Waals surface area contributed by atoms with Crippen molar-refractivity contribution in [3.05, 3.63) is 12.2 Å². The summed E-state index contributed by atoms with van der Waals surface area (Å²) in [7, 11) is 1.69. The highest BCUT2D eigenvalue weighted by Gasteiger charge is 2.25. The largest absolute Gasteiger partial charge is 0.480 e. The van der Waals surface area contributed by atoms with Crippen molar-refractivity contribution in [2.24, 2.45) is 0 Å². The van der Waals surface area contributed by atoms with Gasteiger partial charge in [0.05, 0.1) is 45.7 Å². The zero-order chi connectivity index (χ0) is 58.9. The number of nitrogens with one attached hydrogen (secondary N) is 7. The fraction of sp³-hybridized carbons (Fsp3) is 0.782. The van der Waals surface area contributed by atoms with E-state index in [-0.39, 0.29) is 122 Å². The van der Waals surface area contributed by atoms with Crippen molar-refractivity contribution >= 4 is 59.1 Å². The predicted molar refractivity (Wildman–Crippen MR) is 295 cm³/mol. The summed E-state index contributed by atoms with van der Waals surface area (Å²) in [4.78, 5) is 120. The van der Waals surface area contributed by atoms with Gasteiger partial charge in [-0.1, -0.05) is 82.6 Å². The van der Waals surface area contributed by atoms with Crippen LogP contribution in [0, 0.1) is 0 Å². The summed E-state index contributed by atoms with van der Waals surface area (Å²) in [5.41, 5.74) is 1.27. The fourth-order valence-electron chi connectivity index (χ4n) is 7.98. The molecule has 0 unspecified atom stereocenters. The maximum atomic E-state index is 12.5. The summed E-state index contributed by atoms with van der Waals surface area (Å²) in [6.07, 6.45) is 18.6. The van der Waals surface area contributed by atoms with Gasteiger partial charge in [0.25, 0.3) is 0 Å². The van der Waals surface area contributed by atoms with Crippen LogP contribution >= 0.6 is 0 Å². The van der Waals surface area contributed by atoms with E-state index >= 15 is 0 Å². The fourth-order valence-corrected chi connectivity index (χ4v) is 7.98. The van der Waals surface area contributed by atoms with Gasteiger partial charge in [-0.3, -0.25) is 33.6 Å². The number of carboxylic acids is 3. The second-order valence-corrected chi connectivity index (χ2v) is 19.7. The van der Waals surface area contributed by atoms with Crippen LogP contribution in [-0.2, 0) is 66.9 Å². The van der Waals surface area contributed by atoms with Gasteiger partial charge < -0.3 is 71.5 Å². The van der Waals surface area contributed by atoms with Gasteiger partial charge in [0.1, 0.15) is 37.1 Å². The molecule has 24 nitrogen and oxygen atoms in total. The van der Waals surface area contributed by atoms with Gasteiger partial charge >= 0.3 is 17.9 Å². The normalized spacial score (nSPS) is 12.5. The second-order valence-electron chi connectivity index (χ2n) is 19.7. The third kappa shape index (κ3) is 46.0. The zero-order valence-electron chi connectivity index (χ0n) is 47.5. The monoisotopic (exact) mass is 1130 g/mol. The highest BCUT2D eigenvalue weighted by molar-refractivity contribution is 5.87. The lowest BCUT2D eigenvalue weighted by Gasteiger charge is -2.17. The molecule has 0 aromatic carbocycles. The summed E-state index contributed by atoms with van der Waals surface area (Å²) in [5.74, 6) is -7.08. The quantitative estimate of drug-likeness (QED) is 0.0307. The van der Waals surface area contributed by atoms with E-state index in [9.17, 15) is 63.3 Å². The molecule has 10 N–H and O–H groups in total. The van der Waals surface area contributed by atoms with E-state index in [4.69, 9.17) is 18.9 Å². The Morgan fingerprint density at radius 1 is 0.367 bits per heavy atom. The number of likely N-dealkylation sites (N-methyl/N-ethyl adjacent to an activating group) is 1. The first-order chi connectivity index (χ1) is 37.9. The van der Waals surface area contributed by atoms with Gasteiger partial charge in [-0.05, 0) is 78.7 Å². The Bertz CT molecular complexity index is 1790. The number of hydrogen-bond acceptors (Lipinski definition) is 15. The standard InChI is InChI=1S/C55H97N7O17/c1-41(2)21-17-15-13-11-9-7-5-6-8-10-12-14-16-18-23-49(66)60-44(53(70)71)25-28-48(65)58-31-33-76-35-37-78-39-51(68)59-32-34-77-36-38-79-40-52(69)62-46(55(74)75)26-29-50(67)61-45(54(72)73)24-27-47(64)57-30-20-19-22-43(56-4)42(3)63/h43-46,56H,1,5-40H2,2-4H3,(H,57,64)(H,58,65)(H,59,68)(H,60,66)(H,61,67)(H,62,69)(H,70,71)(H,72,73)(H,74,75)/t43-,44-,45-,46-/m0/s1. The summed E-state index contributed by atoms with van der Waals surface area (Å²) in [5, 5.41) is 46.5. The number of ether oxygens (including phenoxy) is 4. The zero-order valence-corrected chi connectivity index (χ0v) is 47.5. The molecule has 79 heavy (non-hydrogen) atoms. The van der Waals surface area contributed by atoms with Crippen molar-refractivity contribution in [3.8, 4) is 0 Å². The van der Waals surface area contributed by atoms with Crippen molar-refractivity contribution < 1.29 is 82.2 Å². The number of rotatable bonds is 55. The van der Waals surface area contributed by atoms with Gasteiger partial charge in [-0.25, -0.2) is 14.4 Å². The third-order valence-electron chi connectivity index (χ3n) is 12.6. The van der Waals surface area contributed by atoms with Gasteiger partial charge in [0.2, 0.25) is 35.4 Å². The Balaban J connectivity index is 3.97. The number of hydrogen-bond donors (Lipinski definition) is 10. The maximum Gasteiger partial charge on any atom is 0.326 e.